The molecule has 1 aromatic carbocycles. The minimum absolute atomic E-state index is 0.0606. The van der Waals surface area contributed by atoms with Gasteiger partial charge in [-0.25, -0.2) is 4.79 Å². The van der Waals surface area contributed by atoms with Gasteiger partial charge in [-0.1, -0.05) is 0 Å². The number of benzene rings is 1. The summed E-state index contributed by atoms with van der Waals surface area (Å²) in [6.07, 6.45) is 1.49. The van der Waals surface area contributed by atoms with Crippen molar-refractivity contribution in [1.29, 1.82) is 0 Å². The number of carbonyl (C=O) groups is 3. The van der Waals surface area contributed by atoms with Crippen molar-refractivity contribution in [2.24, 2.45) is 0 Å². The van der Waals surface area contributed by atoms with E-state index in [1.165, 1.54) is 12.0 Å². The third-order valence-electron chi connectivity index (χ3n) is 4.59. The zero-order valence-electron chi connectivity index (χ0n) is 16.1. The minimum atomic E-state index is -0.707. The predicted octanol–water partition coefficient (Wildman–Crippen LogP) is 2.41. The van der Waals surface area contributed by atoms with Crippen molar-refractivity contribution in [1.82, 2.24) is 9.80 Å². The molecular formula is C20H21N3O5S. The van der Waals surface area contributed by atoms with Crippen molar-refractivity contribution in [2.75, 3.05) is 19.0 Å². The zero-order chi connectivity index (χ0) is 21.0. The number of rotatable bonds is 7. The number of methoxy groups -OCH3 is 1. The highest BCUT2D eigenvalue weighted by Crippen LogP contribution is 2.24. The molecule has 2 aromatic rings. The van der Waals surface area contributed by atoms with Gasteiger partial charge < -0.3 is 19.4 Å². The van der Waals surface area contributed by atoms with Crippen LogP contribution in [-0.4, -0.2) is 52.4 Å². The maximum Gasteiger partial charge on any atom is 0.337 e. The summed E-state index contributed by atoms with van der Waals surface area (Å²) in [5, 5.41) is 3.13. The molecular weight excluding hydrogens is 394 g/mol. The molecule has 1 aliphatic heterocycles. The van der Waals surface area contributed by atoms with Gasteiger partial charge in [0.1, 0.15) is 11.8 Å². The summed E-state index contributed by atoms with van der Waals surface area (Å²) < 4.78 is 10.0. The minimum Gasteiger partial charge on any atom is -0.467 e. The number of hydrogen-bond donors (Lipinski definition) is 1. The summed E-state index contributed by atoms with van der Waals surface area (Å²) in [7, 11) is 1.30. The number of furan rings is 1. The first-order valence-corrected chi connectivity index (χ1v) is 9.48. The van der Waals surface area contributed by atoms with Crippen LogP contribution in [0.1, 0.15) is 29.5 Å². The van der Waals surface area contributed by atoms with Crippen molar-refractivity contribution < 1.29 is 23.5 Å². The summed E-state index contributed by atoms with van der Waals surface area (Å²) >= 11 is 5.43. The average Bonchev–Trinajstić information content (AvgIpc) is 3.30. The first-order chi connectivity index (χ1) is 13.9. The fraction of sp³-hybridized carbons (Fsp3) is 0.300. The number of esters is 1. The van der Waals surface area contributed by atoms with Gasteiger partial charge in [-0.15, -0.1) is 0 Å². The van der Waals surface area contributed by atoms with Crippen LogP contribution in [0, 0.1) is 0 Å². The maximum absolute atomic E-state index is 12.8. The second-order valence-electron chi connectivity index (χ2n) is 6.41. The lowest BCUT2D eigenvalue weighted by Gasteiger charge is -2.22. The first-order valence-electron chi connectivity index (χ1n) is 9.07. The molecule has 0 bridgehead atoms. The number of nitrogens with zero attached hydrogens (tertiary/aromatic N) is 2. The van der Waals surface area contributed by atoms with E-state index in [2.05, 4.69) is 10.1 Å². The SMILES string of the molecule is CCN1C(=O)[C@H](CC(=O)Nc2ccc(C(=O)OC)cc2)N(Cc2ccco2)C1=S. The quantitative estimate of drug-likeness (QED) is 0.548. The monoisotopic (exact) mass is 415 g/mol. The molecule has 1 atom stereocenters. The molecule has 1 aromatic heterocycles. The van der Waals surface area contributed by atoms with Crippen LogP contribution in [0.2, 0.25) is 0 Å². The number of carbonyl (C=O) groups excluding carboxylic acids is 3. The summed E-state index contributed by atoms with van der Waals surface area (Å²) in [5.41, 5.74) is 0.894. The lowest BCUT2D eigenvalue weighted by atomic mass is 10.1. The summed E-state index contributed by atoms with van der Waals surface area (Å²) in [6, 6.07) is 9.16. The number of likely N-dealkylation sites (N-methyl/N-ethyl adjacent to an activating group) is 1. The average molecular weight is 415 g/mol. The third kappa shape index (κ3) is 4.45. The first kappa shape index (κ1) is 20.5. The van der Waals surface area contributed by atoms with Crippen LogP contribution in [0.4, 0.5) is 5.69 Å². The molecule has 9 heteroatoms. The van der Waals surface area contributed by atoms with E-state index in [9.17, 15) is 14.4 Å². The smallest absolute Gasteiger partial charge is 0.337 e. The van der Waals surface area contributed by atoms with E-state index in [-0.39, 0.29) is 18.2 Å². The number of hydrogen-bond acceptors (Lipinski definition) is 6. The van der Waals surface area contributed by atoms with E-state index in [0.717, 1.165) is 0 Å². The molecule has 0 radical (unpaired) electrons. The van der Waals surface area contributed by atoms with Gasteiger partial charge >= 0.3 is 5.97 Å². The van der Waals surface area contributed by atoms with Crippen molar-refractivity contribution in [2.45, 2.75) is 25.9 Å². The lowest BCUT2D eigenvalue weighted by molar-refractivity contribution is -0.130. The standard InChI is InChI=1S/C20H21N3O5S/c1-3-22-18(25)16(23(20(22)29)12-15-5-4-10-28-15)11-17(24)21-14-8-6-13(7-9-14)19(26)27-2/h4-10,16H,3,11-12H2,1-2H3,(H,21,24)/t16-/m0/s1. The number of thiocarbonyl (C=S) groups is 1. The molecule has 2 heterocycles. The highest BCUT2D eigenvalue weighted by atomic mass is 32.1. The fourth-order valence-electron chi connectivity index (χ4n) is 3.13. The molecule has 3 rings (SSSR count). The second-order valence-corrected chi connectivity index (χ2v) is 6.77. The van der Waals surface area contributed by atoms with Gasteiger partial charge in [0, 0.05) is 12.2 Å². The van der Waals surface area contributed by atoms with Gasteiger partial charge in [-0.2, -0.15) is 0 Å². The molecule has 29 heavy (non-hydrogen) atoms. The Hall–Kier alpha value is -3.20. The van der Waals surface area contributed by atoms with Gasteiger partial charge in [0.25, 0.3) is 5.91 Å². The van der Waals surface area contributed by atoms with Crippen molar-refractivity contribution in [3.63, 3.8) is 0 Å². The topological polar surface area (TPSA) is 92.1 Å². The van der Waals surface area contributed by atoms with Crippen LogP contribution in [0.5, 0.6) is 0 Å². The second kappa shape index (κ2) is 8.87. The largest absolute Gasteiger partial charge is 0.467 e. The molecule has 152 valence electrons. The highest BCUT2D eigenvalue weighted by Gasteiger charge is 2.42. The molecule has 1 N–H and O–H groups in total. The highest BCUT2D eigenvalue weighted by molar-refractivity contribution is 7.80. The Bertz CT molecular complexity index is 911. The summed E-state index contributed by atoms with van der Waals surface area (Å²) in [6.45, 7) is 2.57. The van der Waals surface area contributed by atoms with Gasteiger partial charge in [0.05, 0.1) is 31.9 Å². The predicted molar refractivity (Wildman–Crippen MR) is 109 cm³/mol. The Kier molecular flexibility index (Phi) is 6.28. The normalized spacial score (nSPS) is 16.3. The molecule has 0 saturated carbocycles. The Morgan fingerprint density at radius 2 is 1.97 bits per heavy atom. The van der Waals surface area contributed by atoms with Crippen molar-refractivity contribution in [3.8, 4) is 0 Å². The Balaban J connectivity index is 1.70. The fourth-order valence-corrected chi connectivity index (χ4v) is 3.54. The van der Waals surface area contributed by atoms with E-state index in [0.29, 0.717) is 35.2 Å². The van der Waals surface area contributed by atoms with Gasteiger partial charge in [0.2, 0.25) is 5.91 Å². The molecule has 2 amide bonds. The Morgan fingerprint density at radius 3 is 2.55 bits per heavy atom. The van der Waals surface area contributed by atoms with Crippen LogP contribution >= 0.6 is 12.2 Å². The number of nitrogens with one attached hydrogen (secondary N) is 1. The van der Waals surface area contributed by atoms with Crippen LogP contribution < -0.4 is 5.32 Å². The van der Waals surface area contributed by atoms with Crippen LogP contribution in [0.25, 0.3) is 0 Å². The molecule has 0 unspecified atom stereocenters. The Labute approximate surface area is 173 Å². The van der Waals surface area contributed by atoms with Crippen molar-refractivity contribution in [3.05, 3.63) is 54.0 Å². The van der Waals surface area contributed by atoms with Gasteiger partial charge in [-0.3, -0.25) is 14.5 Å². The summed E-state index contributed by atoms with van der Waals surface area (Å²) in [4.78, 5) is 40.0. The van der Waals surface area contributed by atoms with Crippen LogP contribution in [-0.2, 0) is 20.9 Å². The van der Waals surface area contributed by atoms with Gasteiger partial charge in [-0.05, 0) is 55.5 Å². The maximum atomic E-state index is 12.8. The van der Waals surface area contributed by atoms with E-state index in [1.54, 1.807) is 47.6 Å². The van der Waals surface area contributed by atoms with E-state index >= 15 is 0 Å². The number of amides is 2. The van der Waals surface area contributed by atoms with E-state index in [4.69, 9.17) is 16.6 Å². The zero-order valence-corrected chi connectivity index (χ0v) is 16.9. The Morgan fingerprint density at radius 1 is 1.24 bits per heavy atom. The van der Waals surface area contributed by atoms with Crippen molar-refractivity contribution >= 4 is 40.8 Å². The molecule has 1 fully saturated rings. The third-order valence-corrected chi connectivity index (χ3v) is 5.05. The molecule has 8 nitrogen and oxygen atoms in total. The summed E-state index contributed by atoms with van der Waals surface area (Å²) in [5.74, 6) is -0.345. The molecule has 1 saturated heterocycles. The molecule has 0 aliphatic carbocycles. The van der Waals surface area contributed by atoms with E-state index < -0.39 is 12.0 Å². The molecule has 1 aliphatic rings. The van der Waals surface area contributed by atoms with Crippen LogP contribution in [0.15, 0.2) is 47.1 Å². The number of anilines is 1. The molecule has 0 spiro atoms. The lowest BCUT2D eigenvalue weighted by Crippen LogP contribution is -2.37. The van der Waals surface area contributed by atoms with Crippen LogP contribution in [0.3, 0.4) is 0 Å². The number of ether oxygens (including phenoxy) is 1. The van der Waals surface area contributed by atoms with Gasteiger partial charge in [0.15, 0.2) is 5.11 Å². The van der Waals surface area contributed by atoms with E-state index in [1.807, 2.05) is 6.92 Å².